The Morgan fingerprint density at radius 1 is 0.750 bits per heavy atom. The Labute approximate surface area is 177 Å². The van der Waals surface area contributed by atoms with E-state index in [1.165, 1.54) is 7.11 Å². The minimum Gasteiger partial charge on any atom is -0.474 e. The summed E-state index contributed by atoms with van der Waals surface area (Å²) in [5.74, 6) is 1.05. The molecule has 0 heterocycles. The lowest BCUT2D eigenvalue weighted by atomic mass is 10.1. The zero-order chi connectivity index (χ0) is 20.1. The second-order valence-corrected chi connectivity index (χ2v) is 7.06. The summed E-state index contributed by atoms with van der Waals surface area (Å²) < 4.78 is 16.4. The fourth-order valence-corrected chi connectivity index (χ4v) is 3.07. The third-order valence-electron chi connectivity index (χ3n) is 3.74. The summed E-state index contributed by atoms with van der Waals surface area (Å²) in [5, 5.41) is 1.43. The molecule has 0 aliphatic carbocycles. The van der Waals surface area contributed by atoms with Crippen molar-refractivity contribution in [3.05, 3.63) is 87.4 Å². The number of halogens is 3. The third-order valence-corrected chi connectivity index (χ3v) is 4.43. The van der Waals surface area contributed by atoms with Crippen LogP contribution in [0.15, 0.2) is 66.7 Å². The maximum absolute atomic E-state index is 12.2. The molecular weight excluding hydrogens is 423 g/mol. The molecule has 0 saturated carbocycles. The largest absolute Gasteiger partial charge is 0.474 e. The van der Waals surface area contributed by atoms with E-state index in [1.54, 1.807) is 66.7 Å². The van der Waals surface area contributed by atoms with Crippen LogP contribution in [0.2, 0.25) is 15.1 Å². The van der Waals surface area contributed by atoms with Gasteiger partial charge in [-0.1, -0.05) is 46.9 Å². The average molecular weight is 438 g/mol. The SMILES string of the molecule is COC(=O)C(Oc1cc(Cl)cc(Cl)c1)c1ccc(Oc2ccc(Cl)cc2)cc1. The van der Waals surface area contributed by atoms with Crippen LogP contribution in [0.1, 0.15) is 11.7 Å². The molecule has 0 amide bonds. The molecule has 0 spiro atoms. The van der Waals surface area contributed by atoms with Gasteiger partial charge in [0.05, 0.1) is 7.11 Å². The molecular formula is C21H15Cl3O4. The van der Waals surface area contributed by atoms with E-state index in [9.17, 15) is 4.79 Å². The van der Waals surface area contributed by atoms with E-state index < -0.39 is 12.1 Å². The number of benzene rings is 3. The van der Waals surface area contributed by atoms with E-state index in [0.29, 0.717) is 37.9 Å². The van der Waals surface area contributed by atoms with E-state index in [0.717, 1.165) is 0 Å². The highest BCUT2D eigenvalue weighted by atomic mass is 35.5. The lowest BCUT2D eigenvalue weighted by Gasteiger charge is -2.18. The highest BCUT2D eigenvalue weighted by Gasteiger charge is 2.24. The highest BCUT2D eigenvalue weighted by molar-refractivity contribution is 6.34. The van der Waals surface area contributed by atoms with Gasteiger partial charge in [-0.05, 0) is 54.6 Å². The van der Waals surface area contributed by atoms with Crippen molar-refractivity contribution in [3.63, 3.8) is 0 Å². The van der Waals surface area contributed by atoms with Crippen molar-refractivity contribution < 1.29 is 19.0 Å². The molecule has 0 radical (unpaired) electrons. The number of rotatable bonds is 6. The van der Waals surface area contributed by atoms with Gasteiger partial charge >= 0.3 is 5.97 Å². The van der Waals surface area contributed by atoms with Gasteiger partial charge in [0.25, 0.3) is 0 Å². The van der Waals surface area contributed by atoms with Gasteiger partial charge in [-0.2, -0.15) is 0 Å². The summed E-state index contributed by atoms with van der Waals surface area (Å²) in [6.07, 6.45) is -0.982. The quantitative estimate of drug-likeness (QED) is 0.401. The number of hydrogen-bond acceptors (Lipinski definition) is 4. The van der Waals surface area contributed by atoms with Crippen molar-refractivity contribution in [1.29, 1.82) is 0 Å². The standard InChI is InChI=1S/C21H15Cl3O4/c1-26-21(25)20(28-19-11-15(23)10-16(24)12-19)13-2-6-17(7-3-13)27-18-8-4-14(22)5-9-18/h2-12,20H,1H3. The predicted molar refractivity (Wildman–Crippen MR) is 110 cm³/mol. The summed E-state index contributed by atoms with van der Waals surface area (Å²) in [7, 11) is 1.29. The molecule has 0 N–H and O–H groups in total. The zero-order valence-electron chi connectivity index (χ0n) is 14.7. The molecule has 0 aromatic heterocycles. The normalized spacial score (nSPS) is 11.6. The van der Waals surface area contributed by atoms with Gasteiger partial charge in [-0.25, -0.2) is 4.79 Å². The zero-order valence-corrected chi connectivity index (χ0v) is 17.0. The summed E-state index contributed by atoms with van der Waals surface area (Å²) in [6.45, 7) is 0. The Bertz CT molecular complexity index is 936. The first-order valence-corrected chi connectivity index (χ1v) is 9.32. The molecule has 0 aliphatic heterocycles. The molecule has 7 heteroatoms. The Kier molecular flexibility index (Phi) is 6.68. The van der Waals surface area contributed by atoms with Gasteiger partial charge in [0.1, 0.15) is 17.2 Å². The molecule has 0 saturated heterocycles. The van der Waals surface area contributed by atoms with Crippen LogP contribution in [0.4, 0.5) is 0 Å². The van der Waals surface area contributed by atoms with Gasteiger partial charge in [-0.15, -0.1) is 0 Å². The van der Waals surface area contributed by atoms with E-state index in [4.69, 9.17) is 49.0 Å². The first-order chi connectivity index (χ1) is 13.4. The summed E-state index contributed by atoms with van der Waals surface area (Å²) in [5.41, 5.74) is 0.589. The second-order valence-electron chi connectivity index (χ2n) is 5.75. The van der Waals surface area contributed by atoms with Crippen molar-refractivity contribution in [1.82, 2.24) is 0 Å². The van der Waals surface area contributed by atoms with E-state index >= 15 is 0 Å². The number of esters is 1. The number of carbonyl (C=O) groups excluding carboxylic acids is 1. The van der Waals surface area contributed by atoms with Crippen LogP contribution in [-0.4, -0.2) is 13.1 Å². The molecule has 0 aliphatic rings. The molecule has 144 valence electrons. The van der Waals surface area contributed by atoms with E-state index in [1.807, 2.05) is 0 Å². The molecule has 28 heavy (non-hydrogen) atoms. The lowest BCUT2D eigenvalue weighted by Crippen LogP contribution is -2.20. The Balaban J connectivity index is 1.80. The minimum atomic E-state index is -0.982. The highest BCUT2D eigenvalue weighted by Crippen LogP contribution is 2.30. The topological polar surface area (TPSA) is 44.8 Å². The fourth-order valence-electron chi connectivity index (χ4n) is 2.44. The number of carbonyl (C=O) groups is 1. The Morgan fingerprint density at radius 2 is 1.29 bits per heavy atom. The van der Waals surface area contributed by atoms with Crippen LogP contribution in [0.25, 0.3) is 0 Å². The number of methoxy groups -OCH3 is 1. The summed E-state index contributed by atoms with van der Waals surface area (Å²) in [4.78, 5) is 12.2. The van der Waals surface area contributed by atoms with Gasteiger partial charge in [0.15, 0.2) is 0 Å². The maximum atomic E-state index is 12.2. The van der Waals surface area contributed by atoms with Gasteiger partial charge in [0, 0.05) is 20.6 Å². The van der Waals surface area contributed by atoms with Crippen LogP contribution < -0.4 is 9.47 Å². The van der Waals surface area contributed by atoms with Gasteiger partial charge < -0.3 is 14.2 Å². The molecule has 1 atom stereocenters. The van der Waals surface area contributed by atoms with Crippen LogP contribution in [-0.2, 0) is 9.53 Å². The van der Waals surface area contributed by atoms with E-state index in [2.05, 4.69) is 0 Å². The van der Waals surface area contributed by atoms with Crippen molar-refractivity contribution in [3.8, 4) is 17.2 Å². The van der Waals surface area contributed by atoms with Crippen LogP contribution in [0, 0.1) is 0 Å². The third kappa shape index (κ3) is 5.32. The van der Waals surface area contributed by atoms with Crippen molar-refractivity contribution in [2.75, 3.05) is 7.11 Å². The fraction of sp³-hybridized carbons (Fsp3) is 0.0952. The van der Waals surface area contributed by atoms with Gasteiger partial charge in [-0.3, -0.25) is 0 Å². The number of hydrogen-bond donors (Lipinski definition) is 0. The smallest absolute Gasteiger partial charge is 0.351 e. The first kappa shape index (κ1) is 20.3. The monoisotopic (exact) mass is 436 g/mol. The molecule has 3 aromatic carbocycles. The lowest BCUT2D eigenvalue weighted by molar-refractivity contribution is -0.149. The van der Waals surface area contributed by atoms with Gasteiger partial charge in [0.2, 0.25) is 6.10 Å². The van der Waals surface area contributed by atoms with Crippen LogP contribution in [0.3, 0.4) is 0 Å². The minimum absolute atomic E-state index is 0.356. The maximum Gasteiger partial charge on any atom is 0.351 e. The Hall–Kier alpha value is -2.40. The second kappa shape index (κ2) is 9.20. The van der Waals surface area contributed by atoms with Crippen LogP contribution in [0.5, 0.6) is 17.2 Å². The summed E-state index contributed by atoms with van der Waals surface area (Å²) in [6, 6.07) is 18.6. The Morgan fingerprint density at radius 3 is 1.82 bits per heavy atom. The molecule has 4 nitrogen and oxygen atoms in total. The van der Waals surface area contributed by atoms with Crippen molar-refractivity contribution in [2.24, 2.45) is 0 Å². The molecule has 3 aromatic rings. The van der Waals surface area contributed by atoms with Crippen molar-refractivity contribution in [2.45, 2.75) is 6.10 Å². The molecule has 0 bridgehead atoms. The van der Waals surface area contributed by atoms with Crippen molar-refractivity contribution >= 4 is 40.8 Å². The first-order valence-electron chi connectivity index (χ1n) is 8.18. The average Bonchev–Trinajstić information content (AvgIpc) is 2.67. The molecule has 1 unspecified atom stereocenters. The molecule has 0 fully saturated rings. The summed E-state index contributed by atoms with van der Waals surface area (Å²) >= 11 is 17.9. The number of ether oxygens (including phenoxy) is 3. The predicted octanol–water partition coefficient (Wildman–Crippen LogP) is 6.73. The van der Waals surface area contributed by atoms with E-state index in [-0.39, 0.29) is 0 Å². The van der Waals surface area contributed by atoms with Crippen LogP contribution >= 0.6 is 34.8 Å². The molecule has 3 rings (SSSR count).